The molecule has 0 aromatic carbocycles. The van der Waals surface area contributed by atoms with Crippen molar-refractivity contribution in [3.63, 3.8) is 0 Å². The Labute approximate surface area is 78.4 Å². The van der Waals surface area contributed by atoms with Crippen LogP contribution in [-0.4, -0.2) is 21.3 Å². The molecule has 1 heterocycles. The van der Waals surface area contributed by atoms with E-state index in [0.29, 0.717) is 12.5 Å². The molecule has 1 saturated carbocycles. The van der Waals surface area contributed by atoms with Crippen LogP contribution in [0, 0.1) is 0 Å². The average molecular weight is 180 g/mol. The van der Waals surface area contributed by atoms with E-state index in [9.17, 15) is 0 Å². The molecule has 1 N–H and O–H groups in total. The van der Waals surface area contributed by atoms with E-state index in [-0.39, 0.29) is 6.61 Å². The van der Waals surface area contributed by atoms with Crippen molar-refractivity contribution in [3.05, 3.63) is 18.2 Å². The van der Waals surface area contributed by atoms with Crippen molar-refractivity contribution in [1.29, 1.82) is 0 Å². The van der Waals surface area contributed by atoms with Gasteiger partial charge in [-0.1, -0.05) is 12.8 Å². The molecule has 1 aromatic heterocycles. The molecule has 0 bridgehead atoms. The van der Waals surface area contributed by atoms with E-state index in [1.807, 2.05) is 12.4 Å². The predicted molar refractivity (Wildman–Crippen MR) is 50.5 cm³/mol. The molecule has 0 aliphatic heterocycles. The summed E-state index contributed by atoms with van der Waals surface area (Å²) < 4.78 is 2.08. The first-order chi connectivity index (χ1) is 6.42. The van der Waals surface area contributed by atoms with Crippen LogP contribution in [0.15, 0.2) is 12.4 Å². The number of hydrogen-bond acceptors (Lipinski definition) is 2. The lowest BCUT2D eigenvalue weighted by Gasteiger charge is -2.11. The number of imidazole rings is 1. The summed E-state index contributed by atoms with van der Waals surface area (Å²) in [6.45, 7) is 0.891. The first kappa shape index (κ1) is 8.75. The molecule has 3 heteroatoms. The number of rotatable bonds is 3. The molecule has 1 aliphatic carbocycles. The second kappa shape index (κ2) is 3.92. The highest BCUT2D eigenvalue weighted by Gasteiger charge is 2.20. The smallest absolute Gasteiger partial charge is 0.111 e. The molecular weight excluding hydrogens is 164 g/mol. The summed E-state index contributed by atoms with van der Waals surface area (Å²) in [6.07, 6.45) is 8.99. The van der Waals surface area contributed by atoms with Gasteiger partial charge in [-0.15, -0.1) is 0 Å². The maximum absolute atomic E-state index is 8.86. The first-order valence-corrected chi connectivity index (χ1v) is 5.03. The first-order valence-electron chi connectivity index (χ1n) is 5.03. The molecule has 0 atom stereocenters. The summed E-state index contributed by atoms with van der Waals surface area (Å²) in [7, 11) is 0. The third-order valence-corrected chi connectivity index (χ3v) is 2.81. The van der Waals surface area contributed by atoms with Gasteiger partial charge in [-0.25, -0.2) is 4.98 Å². The summed E-state index contributed by atoms with van der Waals surface area (Å²) in [4.78, 5) is 4.37. The van der Waals surface area contributed by atoms with Crippen LogP contribution in [0.3, 0.4) is 0 Å². The highest BCUT2D eigenvalue weighted by atomic mass is 16.3. The Balaban J connectivity index is 2.13. The molecule has 1 aliphatic rings. The molecule has 0 radical (unpaired) electrons. The Morgan fingerprint density at radius 1 is 1.46 bits per heavy atom. The predicted octanol–water partition coefficient (Wildman–Crippen LogP) is 1.53. The Bertz CT molecular complexity index is 264. The Kier molecular flexibility index (Phi) is 2.64. The summed E-state index contributed by atoms with van der Waals surface area (Å²) >= 11 is 0. The van der Waals surface area contributed by atoms with Gasteiger partial charge in [-0.3, -0.25) is 0 Å². The Morgan fingerprint density at radius 3 is 2.92 bits per heavy atom. The van der Waals surface area contributed by atoms with Gasteiger partial charge in [0.2, 0.25) is 0 Å². The van der Waals surface area contributed by atoms with Crippen LogP contribution in [0.2, 0.25) is 0 Å². The van der Waals surface area contributed by atoms with Crippen molar-refractivity contribution in [2.24, 2.45) is 0 Å². The molecule has 0 spiro atoms. The second-order valence-corrected chi connectivity index (χ2v) is 3.68. The van der Waals surface area contributed by atoms with Gasteiger partial charge >= 0.3 is 0 Å². The quantitative estimate of drug-likeness (QED) is 0.766. The van der Waals surface area contributed by atoms with E-state index in [4.69, 9.17) is 5.11 Å². The summed E-state index contributed by atoms with van der Waals surface area (Å²) in [5.41, 5.74) is 0. The maximum atomic E-state index is 8.86. The number of aliphatic hydroxyl groups is 1. The fourth-order valence-electron chi connectivity index (χ4n) is 2.16. The fourth-order valence-corrected chi connectivity index (χ4v) is 2.16. The van der Waals surface area contributed by atoms with Crippen LogP contribution >= 0.6 is 0 Å². The Morgan fingerprint density at radius 2 is 2.23 bits per heavy atom. The largest absolute Gasteiger partial charge is 0.395 e. The molecule has 3 nitrogen and oxygen atoms in total. The van der Waals surface area contributed by atoms with Crippen LogP contribution in [0.1, 0.15) is 37.4 Å². The van der Waals surface area contributed by atoms with E-state index in [1.54, 1.807) is 0 Å². The normalized spacial score (nSPS) is 18.2. The molecule has 0 amide bonds. The van der Waals surface area contributed by atoms with Gasteiger partial charge in [0.05, 0.1) is 6.61 Å². The van der Waals surface area contributed by atoms with Crippen LogP contribution in [0.5, 0.6) is 0 Å². The van der Waals surface area contributed by atoms with Gasteiger partial charge < -0.3 is 9.67 Å². The molecule has 1 fully saturated rings. The standard InChI is InChI=1S/C10H16N2O/c13-8-7-12-6-5-11-10(12)9-3-1-2-4-9/h5-6,9,13H,1-4,7-8H2. The zero-order chi connectivity index (χ0) is 9.10. The zero-order valence-electron chi connectivity index (χ0n) is 7.82. The van der Waals surface area contributed by atoms with Crippen molar-refractivity contribution >= 4 is 0 Å². The van der Waals surface area contributed by atoms with Crippen molar-refractivity contribution in [3.8, 4) is 0 Å². The van der Waals surface area contributed by atoms with E-state index < -0.39 is 0 Å². The van der Waals surface area contributed by atoms with Gasteiger partial charge in [0.1, 0.15) is 5.82 Å². The molecule has 2 rings (SSSR count). The van der Waals surface area contributed by atoms with Crippen LogP contribution in [-0.2, 0) is 6.54 Å². The van der Waals surface area contributed by atoms with E-state index in [2.05, 4.69) is 9.55 Å². The second-order valence-electron chi connectivity index (χ2n) is 3.68. The van der Waals surface area contributed by atoms with Crippen molar-refractivity contribution in [1.82, 2.24) is 9.55 Å². The molecule has 1 aromatic rings. The van der Waals surface area contributed by atoms with Gasteiger partial charge in [0, 0.05) is 24.9 Å². The average Bonchev–Trinajstić information content (AvgIpc) is 2.71. The fraction of sp³-hybridized carbons (Fsp3) is 0.700. The number of hydrogen-bond donors (Lipinski definition) is 1. The van der Waals surface area contributed by atoms with Gasteiger partial charge in [-0.2, -0.15) is 0 Å². The maximum Gasteiger partial charge on any atom is 0.111 e. The molecular formula is C10H16N2O. The molecule has 72 valence electrons. The highest BCUT2D eigenvalue weighted by molar-refractivity contribution is 5.02. The van der Waals surface area contributed by atoms with Gasteiger partial charge in [0.25, 0.3) is 0 Å². The van der Waals surface area contributed by atoms with Crippen LogP contribution in [0.4, 0.5) is 0 Å². The minimum Gasteiger partial charge on any atom is -0.395 e. The summed E-state index contributed by atoms with van der Waals surface area (Å²) in [6, 6.07) is 0. The third kappa shape index (κ3) is 1.75. The number of aliphatic hydroxyl groups excluding tert-OH is 1. The molecule has 0 unspecified atom stereocenters. The van der Waals surface area contributed by atoms with Gasteiger partial charge in [0.15, 0.2) is 0 Å². The van der Waals surface area contributed by atoms with Gasteiger partial charge in [-0.05, 0) is 12.8 Å². The van der Waals surface area contributed by atoms with Crippen molar-refractivity contribution in [2.45, 2.75) is 38.1 Å². The van der Waals surface area contributed by atoms with E-state index in [1.165, 1.54) is 31.5 Å². The van der Waals surface area contributed by atoms with E-state index >= 15 is 0 Å². The van der Waals surface area contributed by atoms with E-state index in [0.717, 1.165) is 0 Å². The minimum absolute atomic E-state index is 0.204. The lowest BCUT2D eigenvalue weighted by atomic mass is 10.1. The monoisotopic (exact) mass is 180 g/mol. The zero-order valence-corrected chi connectivity index (χ0v) is 7.82. The lowest BCUT2D eigenvalue weighted by molar-refractivity contribution is 0.273. The lowest BCUT2D eigenvalue weighted by Crippen LogP contribution is -2.08. The topological polar surface area (TPSA) is 38.0 Å². The number of aromatic nitrogens is 2. The SMILES string of the molecule is OCCn1ccnc1C1CCCC1. The summed E-state index contributed by atoms with van der Waals surface area (Å²) in [5, 5.41) is 8.86. The number of nitrogens with zero attached hydrogens (tertiary/aromatic N) is 2. The minimum atomic E-state index is 0.204. The summed E-state index contributed by atoms with van der Waals surface area (Å²) in [5.74, 6) is 1.81. The molecule has 13 heavy (non-hydrogen) atoms. The molecule has 0 saturated heterocycles. The highest BCUT2D eigenvalue weighted by Crippen LogP contribution is 2.32. The Hall–Kier alpha value is -0.830. The van der Waals surface area contributed by atoms with Crippen molar-refractivity contribution in [2.75, 3.05) is 6.61 Å². The van der Waals surface area contributed by atoms with Crippen molar-refractivity contribution < 1.29 is 5.11 Å². The van der Waals surface area contributed by atoms with Crippen LogP contribution in [0.25, 0.3) is 0 Å². The third-order valence-electron chi connectivity index (χ3n) is 2.81. The van der Waals surface area contributed by atoms with Crippen LogP contribution < -0.4 is 0 Å².